The summed E-state index contributed by atoms with van der Waals surface area (Å²) in [6.45, 7) is 2.17. The standard InChI is InChI=1S/C13H14Cl2N2O3/c1-7(9-6-8(14)2-3-10(9)15)17(13(19)20)11-4-5-16-12(11)18/h2-3,6-7,11H,4-5H2,1H3,(H,16,18)(H,19,20). The van der Waals surface area contributed by atoms with E-state index >= 15 is 0 Å². The monoisotopic (exact) mass is 316 g/mol. The quantitative estimate of drug-likeness (QED) is 0.900. The van der Waals surface area contributed by atoms with E-state index in [4.69, 9.17) is 23.2 Å². The second-order valence-electron chi connectivity index (χ2n) is 4.63. The molecular weight excluding hydrogens is 303 g/mol. The zero-order valence-electron chi connectivity index (χ0n) is 10.8. The van der Waals surface area contributed by atoms with Crippen molar-refractivity contribution in [2.75, 3.05) is 6.54 Å². The Labute approximate surface area is 126 Å². The van der Waals surface area contributed by atoms with E-state index in [-0.39, 0.29) is 5.91 Å². The fraction of sp³-hybridized carbons (Fsp3) is 0.385. The van der Waals surface area contributed by atoms with Gasteiger partial charge in [-0.1, -0.05) is 23.2 Å². The van der Waals surface area contributed by atoms with Crippen molar-refractivity contribution in [1.29, 1.82) is 0 Å². The van der Waals surface area contributed by atoms with Gasteiger partial charge < -0.3 is 10.4 Å². The van der Waals surface area contributed by atoms with E-state index in [1.807, 2.05) is 0 Å². The van der Waals surface area contributed by atoms with Crippen molar-refractivity contribution >= 4 is 35.2 Å². The number of hydrogen-bond acceptors (Lipinski definition) is 2. The van der Waals surface area contributed by atoms with Crippen molar-refractivity contribution in [2.45, 2.75) is 25.4 Å². The molecule has 2 rings (SSSR count). The van der Waals surface area contributed by atoms with Gasteiger partial charge in [0.1, 0.15) is 6.04 Å². The first-order valence-electron chi connectivity index (χ1n) is 6.15. The maximum Gasteiger partial charge on any atom is 0.408 e. The first kappa shape index (κ1) is 14.9. The van der Waals surface area contributed by atoms with Gasteiger partial charge in [0, 0.05) is 16.6 Å². The minimum atomic E-state index is -1.16. The number of halogens is 2. The molecule has 1 heterocycles. The van der Waals surface area contributed by atoms with Gasteiger partial charge in [0.2, 0.25) is 5.91 Å². The van der Waals surface area contributed by atoms with Crippen LogP contribution < -0.4 is 5.32 Å². The Morgan fingerprint density at radius 1 is 1.50 bits per heavy atom. The number of carbonyl (C=O) groups excluding carboxylic acids is 1. The lowest BCUT2D eigenvalue weighted by Crippen LogP contribution is -2.45. The zero-order valence-corrected chi connectivity index (χ0v) is 12.3. The van der Waals surface area contributed by atoms with Crippen molar-refractivity contribution in [3.63, 3.8) is 0 Å². The molecular formula is C13H14Cl2N2O3. The predicted molar refractivity (Wildman–Crippen MR) is 76.2 cm³/mol. The van der Waals surface area contributed by atoms with Crippen LogP contribution in [0.4, 0.5) is 4.79 Å². The number of carbonyl (C=O) groups is 2. The van der Waals surface area contributed by atoms with E-state index in [9.17, 15) is 14.7 Å². The first-order chi connectivity index (χ1) is 9.41. The molecule has 7 heteroatoms. The molecule has 2 N–H and O–H groups in total. The summed E-state index contributed by atoms with van der Waals surface area (Å²) in [6.07, 6.45) is -0.705. The summed E-state index contributed by atoms with van der Waals surface area (Å²) in [7, 11) is 0. The molecule has 0 aliphatic carbocycles. The molecule has 5 nitrogen and oxygen atoms in total. The van der Waals surface area contributed by atoms with Crippen LogP contribution in [0.1, 0.15) is 24.9 Å². The van der Waals surface area contributed by atoms with Crippen LogP contribution in [0.2, 0.25) is 10.0 Å². The lowest BCUT2D eigenvalue weighted by molar-refractivity contribution is -0.123. The van der Waals surface area contributed by atoms with Crippen LogP contribution in [0, 0.1) is 0 Å². The lowest BCUT2D eigenvalue weighted by atomic mass is 10.0. The molecule has 2 amide bonds. The third kappa shape index (κ3) is 2.83. The van der Waals surface area contributed by atoms with Crippen LogP contribution in [0.15, 0.2) is 18.2 Å². The average Bonchev–Trinajstić information content (AvgIpc) is 2.78. The molecule has 0 saturated carbocycles. The molecule has 108 valence electrons. The minimum absolute atomic E-state index is 0.280. The molecule has 2 atom stereocenters. The fourth-order valence-electron chi connectivity index (χ4n) is 2.40. The van der Waals surface area contributed by atoms with Gasteiger partial charge in [0.05, 0.1) is 6.04 Å². The Balaban J connectivity index is 2.36. The first-order valence-corrected chi connectivity index (χ1v) is 6.91. The van der Waals surface area contributed by atoms with Gasteiger partial charge in [0.25, 0.3) is 0 Å². The second-order valence-corrected chi connectivity index (χ2v) is 5.47. The highest BCUT2D eigenvalue weighted by molar-refractivity contribution is 6.33. The van der Waals surface area contributed by atoms with Gasteiger partial charge in [-0.25, -0.2) is 4.79 Å². The number of nitrogens with one attached hydrogen (secondary N) is 1. The average molecular weight is 317 g/mol. The third-order valence-electron chi connectivity index (χ3n) is 3.40. The van der Waals surface area contributed by atoms with Crippen molar-refractivity contribution < 1.29 is 14.7 Å². The number of rotatable bonds is 3. The van der Waals surface area contributed by atoms with Gasteiger partial charge >= 0.3 is 6.09 Å². The highest BCUT2D eigenvalue weighted by Crippen LogP contribution is 2.32. The van der Waals surface area contributed by atoms with Crippen LogP contribution in [-0.2, 0) is 4.79 Å². The maximum atomic E-state index is 11.7. The molecule has 1 saturated heterocycles. The van der Waals surface area contributed by atoms with E-state index in [1.54, 1.807) is 25.1 Å². The van der Waals surface area contributed by atoms with Crippen molar-refractivity contribution in [2.24, 2.45) is 0 Å². The predicted octanol–water partition coefficient (Wildman–Crippen LogP) is 2.92. The van der Waals surface area contributed by atoms with Gasteiger partial charge in [-0.3, -0.25) is 9.69 Å². The molecule has 0 spiro atoms. The summed E-state index contributed by atoms with van der Waals surface area (Å²) in [5.74, 6) is -0.280. The summed E-state index contributed by atoms with van der Waals surface area (Å²) < 4.78 is 0. The molecule has 1 aromatic carbocycles. The van der Waals surface area contributed by atoms with Crippen molar-refractivity contribution in [3.05, 3.63) is 33.8 Å². The number of hydrogen-bond donors (Lipinski definition) is 2. The number of nitrogens with zero attached hydrogens (tertiary/aromatic N) is 1. The number of benzene rings is 1. The zero-order chi connectivity index (χ0) is 14.9. The number of carboxylic acid groups (broad SMARTS) is 1. The molecule has 1 aliphatic rings. The molecule has 1 aromatic rings. The van der Waals surface area contributed by atoms with Gasteiger partial charge in [-0.15, -0.1) is 0 Å². The van der Waals surface area contributed by atoms with Crippen molar-refractivity contribution in [1.82, 2.24) is 10.2 Å². The number of amides is 2. The Bertz CT molecular complexity index is 550. The van der Waals surface area contributed by atoms with Gasteiger partial charge in [-0.2, -0.15) is 0 Å². The molecule has 0 bridgehead atoms. The Morgan fingerprint density at radius 3 is 2.75 bits per heavy atom. The van der Waals surface area contributed by atoms with E-state index < -0.39 is 18.2 Å². The summed E-state index contributed by atoms with van der Waals surface area (Å²) in [5.41, 5.74) is 0.585. The summed E-state index contributed by atoms with van der Waals surface area (Å²) in [6, 6.07) is 3.61. The molecule has 2 unspecified atom stereocenters. The largest absolute Gasteiger partial charge is 0.465 e. The Hall–Kier alpha value is -1.46. The molecule has 0 radical (unpaired) electrons. The van der Waals surface area contributed by atoms with Crippen LogP contribution in [0.25, 0.3) is 0 Å². The van der Waals surface area contributed by atoms with E-state index in [0.29, 0.717) is 28.6 Å². The van der Waals surface area contributed by atoms with Crippen LogP contribution >= 0.6 is 23.2 Å². The summed E-state index contributed by atoms with van der Waals surface area (Å²) in [4.78, 5) is 24.4. The Morgan fingerprint density at radius 2 is 2.20 bits per heavy atom. The van der Waals surface area contributed by atoms with Crippen LogP contribution in [-0.4, -0.2) is 34.6 Å². The highest BCUT2D eigenvalue weighted by atomic mass is 35.5. The fourth-order valence-corrected chi connectivity index (χ4v) is 2.86. The molecule has 20 heavy (non-hydrogen) atoms. The molecule has 1 fully saturated rings. The van der Waals surface area contributed by atoms with Crippen LogP contribution in [0.5, 0.6) is 0 Å². The SMILES string of the molecule is CC(c1cc(Cl)ccc1Cl)N(C(=O)O)C1CCNC1=O. The van der Waals surface area contributed by atoms with Gasteiger partial charge in [0.15, 0.2) is 0 Å². The Kier molecular flexibility index (Phi) is 4.40. The minimum Gasteiger partial charge on any atom is -0.465 e. The van der Waals surface area contributed by atoms with E-state index in [1.165, 1.54) is 0 Å². The topological polar surface area (TPSA) is 69.6 Å². The smallest absolute Gasteiger partial charge is 0.408 e. The summed E-state index contributed by atoms with van der Waals surface area (Å²) >= 11 is 12.0. The molecule has 0 aromatic heterocycles. The maximum absolute atomic E-state index is 11.7. The highest BCUT2D eigenvalue weighted by Gasteiger charge is 2.37. The van der Waals surface area contributed by atoms with Crippen molar-refractivity contribution in [3.8, 4) is 0 Å². The van der Waals surface area contributed by atoms with E-state index in [2.05, 4.69) is 5.32 Å². The van der Waals surface area contributed by atoms with E-state index in [0.717, 1.165) is 4.90 Å². The lowest BCUT2D eigenvalue weighted by Gasteiger charge is -2.31. The third-order valence-corrected chi connectivity index (χ3v) is 3.98. The normalized spacial score (nSPS) is 19.6. The van der Waals surface area contributed by atoms with Crippen LogP contribution in [0.3, 0.4) is 0 Å². The summed E-state index contributed by atoms with van der Waals surface area (Å²) in [5, 5.41) is 12.9. The van der Waals surface area contributed by atoms with Gasteiger partial charge in [-0.05, 0) is 37.1 Å². The second kappa shape index (κ2) is 5.89. The molecule has 1 aliphatic heterocycles.